The number of rotatable bonds is 54. The normalized spacial score (nSPS) is 14.9. The second kappa shape index (κ2) is 45.7. The molecule has 26 heteroatoms. The number of benzene rings is 3. The number of carbonyl (C=O) groups excluding carboxylic acids is 5. The van der Waals surface area contributed by atoms with E-state index < -0.39 is 80.3 Å². The Morgan fingerprint density at radius 3 is 1.74 bits per heavy atom. The molecule has 1 aliphatic heterocycles. The second-order valence-corrected chi connectivity index (χ2v) is 26.6. The number of amides is 2. The molecule has 0 saturated carbocycles. The van der Waals surface area contributed by atoms with Crippen molar-refractivity contribution in [3.8, 4) is 0 Å². The monoisotopic (exact) mass is 1370 g/mol. The van der Waals surface area contributed by atoms with E-state index in [-0.39, 0.29) is 68.3 Å². The molecule has 96 heavy (non-hydrogen) atoms. The van der Waals surface area contributed by atoms with Crippen LogP contribution in [0.3, 0.4) is 0 Å². The van der Waals surface area contributed by atoms with Gasteiger partial charge in [0, 0.05) is 51.1 Å². The minimum absolute atomic E-state index is 0.0223. The first kappa shape index (κ1) is 80.8. The maximum absolute atomic E-state index is 15.2. The van der Waals surface area contributed by atoms with E-state index >= 15 is 4.39 Å². The van der Waals surface area contributed by atoms with Crippen LogP contribution in [0.2, 0.25) is 0 Å². The van der Waals surface area contributed by atoms with Gasteiger partial charge in [-0.1, -0.05) is 93.6 Å². The highest BCUT2D eigenvalue weighted by atomic mass is 32.2. The van der Waals surface area contributed by atoms with Crippen molar-refractivity contribution in [2.75, 3.05) is 146 Å². The number of hydrogen-bond acceptors (Lipinski definition) is 21. The van der Waals surface area contributed by atoms with Crippen LogP contribution in [0.1, 0.15) is 95.5 Å². The van der Waals surface area contributed by atoms with Gasteiger partial charge < -0.3 is 58.4 Å². The van der Waals surface area contributed by atoms with Crippen LogP contribution in [0, 0.1) is 29.5 Å². The summed E-state index contributed by atoms with van der Waals surface area (Å²) in [7, 11) is -3.06. The van der Waals surface area contributed by atoms with Gasteiger partial charge in [0.05, 0.1) is 148 Å². The predicted molar refractivity (Wildman–Crippen MR) is 356 cm³/mol. The summed E-state index contributed by atoms with van der Waals surface area (Å²) in [5.41, 5.74) is -0.00936. The van der Waals surface area contributed by atoms with Crippen molar-refractivity contribution >= 4 is 39.3 Å². The molecule has 24 nitrogen and oxygen atoms in total. The van der Waals surface area contributed by atoms with E-state index in [0.29, 0.717) is 163 Å². The number of aromatic nitrogens is 3. The molecular formula is C70H105FN6O18S. The van der Waals surface area contributed by atoms with Gasteiger partial charge >= 0.3 is 0 Å². The van der Waals surface area contributed by atoms with Crippen molar-refractivity contribution < 1.29 is 88.7 Å². The Kier molecular flexibility index (Phi) is 38.5. The number of carbonyl (C=O) groups is 5. The molecule has 1 fully saturated rings. The summed E-state index contributed by atoms with van der Waals surface area (Å²) < 4.78 is 98.5. The van der Waals surface area contributed by atoms with E-state index in [4.69, 9.17) is 46.8 Å². The van der Waals surface area contributed by atoms with Gasteiger partial charge in [-0.3, -0.25) is 33.1 Å². The molecule has 0 radical (unpaired) electrons. The highest BCUT2D eigenvalue weighted by Crippen LogP contribution is 2.25. The SMILES string of the molecule is COCCOCCOCCOCCOCCOCCOCCOCCn1cc(CCCc2cc(S(=O)(=O)OCC(C)(O)C(=O)[C@H](CC(C)C)NC(=O)[C@@H](CC(=O)[C@H](CC(C)C)NC(=O)[C@H](CCc3ccccc3)CC(=O)CN3CCOCC3)Cc3ccccc3)ccc2F)nn1. The van der Waals surface area contributed by atoms with Crippen LogP contribution in [0.25, 0.3) is 0 Å². The first-order valence-corrected chi connectivity index (χ1v) is 35.0. The molecule has 3 aromatic carbocycles. The zero-order chi connectivity index (χ0) is 69.4. The molecule has 3 N–H and O–H groups in total. The average molecular weight is 1370 g/mol. The Labute approximate surface area is 566 Å². The molecule has 1 aromatic heterocycles. The maximum atomic E-state index is 15.2. The van der Waals surface area contributed by atoms with E-state index in [9.17, 15) is 37.5 Å². The number of aliphatic hydroxyl groups is 1. The van der Waals surface area contributed by atoms with Gasteiger partial charge in [-0.2, -0.15) is 8.42 Å². The van der Waals surface area contributed by atoms with Crippen LogP contribution < -0.4 is 10.6 Å². The van der Waals surface area contributed by atoms with Gasteiger partial charge in [0.2, 0.25) is 11.8 Å². The van der Waals surface area contributed by atoms with Crippen LogP contribution >= 0.6 is 0 Å². The Morgan fingerprint density at radius 2 is 1.18 bits per heavy atom. The van der Waals surface area contributed by atoms with E-state index in [2.05, 4.69) is 20.9 Å². The lowest BCUT2D eigenvalue weighted by Crippen LogP contribution is -2.54. The molecule has 536 valence electrons. The van der Waals surface area contributed by atoms with Crippen LogP contribution in [0.4, 0.5) is 4.39 Å². The molecule has 5 rings (SSSR count). The number of ether oxygens (including phenoxy) is 9. The second-order valence-electron chi connectivity index (χ2n) is 25.0. The quantitative estimate of drug-likeness (QED) is 0.0348. The number of morpholine rings is 1. The summed E-state index contributed by atoms with van der Waals surface area (Å²) in [5.74, 6) is -5.25. The molecule has 1 unspecified atom stereocenters. The van der Waals surface area contributed by atoms with Crippen LogP contribution in [0.15, 0.2) is 90.0 Å². The van der Waals surface area contributed by atoms with Crippen molar-refractivity contribution in [2.24, 2.45) is 23.7 Å². The van der Waals surface area contributed by atoms with Crippen LogP contribution in [-0.4, -0.2) is 226 Å². The minimum Gasteiger partial charge on any atom is -0.382 e. The van der Waals surface area contributed by atoms with Crippen LogP contribution in [-0.2, 0) is 113 Å². The number of nitrogens with one attached hydrogen (secondary N) is 2. The zero-order valence-electron chi connectivity index (χ0n) is 57.1. The van der Waals surface area contributed by atoms with Crippen molar-refractivity contribution in [1.82, 2.24) is 30.5 Å². The summed E-state index contributed by atoms with van der Waals surface area (Å²) in [6, 6.07) is 19.5. The van der Waals surface area contributed by atoms with Crippen molar-refractivity contribution in [2.45, 2.75) is 128 Å². The lowest BCUT2D eigenvalue weighted by atomic mass is 9.86. The first-order chi connectivity index (χ1) is 46.2. The number of nitrogens with zero attached hydrogens (tertiary/aromatic N) is 4. The lowest BCUT2D eigenvalue weighted by Gasteiger charge is -2.30. The van der Waals surface area contributed by atoms with Crippen molar-refractivity contribution in [1.29, 1.82) is 0 Å². The van der Waals surface area contributed by atoms with Gasteiger partial charge in [-0.05, 0) is 105 Å². The molecule has 1 aliphatic rings. The molecule has 0 aliphatic carbocycles. The number of aryl methyl sites for hydroxylation is 3. The summed E-state index contributed by atoms with van der Waals surface area (Å²) >= 11 is 0. The summed E-state index contributed by atoms with van der Waals surface area (Å²) in [4.78, 5) is 73.2. The molecule has 2 heterocycles. The van der Waals surface area contributed by atoms with Crippen molar-refractivity contribution in [3.05, 3.63) is 113 Å². The number of ketones is 3. The van der Waals surface area contributed by atoms with Gasteiger partial charge in [-0.25, -0.2) is 9.07 Å². The van der Waals surface area contributed by atoms with Crippen LogP contribution in [0.5, 0.6) is 0 Å². The summed E-state index contributed by atoms with van der Waals surface area (Å²) in [6.07, 6.45) is 3.58. The molecule has 2 amide bonds. The predicted octanol–water partition coefficient (Wildman–Crippen LogP) is 5.80. The van der Waals surface area contributed by atoms with Gasteiger partial charge in [0.15, 0.2) is 11.6 Å². The third-order valence-electron chi connectivity index (χ3n) is 15.8. The Bertz CT molecular complexity index is 2970. The molecule has 5 atom stereocenters. The van der Waals surface area contributed by atoms with Gasteiger partial charge in [0.1, 0.15) is 23.8 Å². The van der Waals surface area contributed by atoms with Gasteiger partial charge in [-0.15, -0.1) is 5.10 Å². The number of hydrogen-bond donors (Lipinski definition) is 3. The molecule has 0 bridgehead atoms. The average Bonchev–Trinajstić information content (AvgIpc) is 0.851. The molecular weight excluding hydrogens is 1260 g/mol. The largest absolute Gasteiger partial charge is 0.382 e. The fourth-order valence-electron chi connectivity index (χ4n) is 10.6. The Morgan fingerprint density at radius 1 is 0.656 bits per heavy atom. The van der Waals surface area contributed by atoms with Gasteiger partial charge in [0.25, 0.3) is 10.1 Å². The highest BCUT2D eigenvalue weighted by molar-refractivity contribution is 7.86. The Balaban J connectivity index is 1.07. The Hall–Kier alpha value is -5.85. The third-order valence-corrected chi connectivity index (χ3v) is 17.1. The minimum atomic E-state index is -4.68. The number of halogens is 1. The smallest absolute Gasteiger partial charge is 0.297 e. The maximum Gasteiger partial charge on any atom is 0.297 e. The number of Topliss-reactive ketones (excluding diaryl/α,β-unsaturated/α-hetero) is 3. The first-order valence-electron chi connectivity index (χ1n) is 33.6. The number of methoxy groups -OCH3 is 1. The van der Waals surface area contributed by atoms with E-state index in [1.54, 1.807) is 30.1 Å². The topological polar surface area (TPSA) is 290 Å². The van der Waals surface area contributed by atoms with E-state index in [0.717, 1.165) is 36.2 Å². The molecule has 4 aromatic rings. The summed E-state index contributed by atoms with van der Waals surface area (Å²) in [6.45, 7) is 17.2. The lowest BCUT2D eigenvalue weighted by molar-refractivity contribution is -0.143. The zero-order valence-corrected chi connectivity index (χ0v) is 58.0. The van der Waals surface area contributed by atoms with E-state index in [1.807, 2.05) is 81.1 Å². The summed E-state index contributed by atoms with van der Waals surface area (Å²) in [5, 5.41) is 25.9. The molecule has 1 saturated heterocycles. The fourth-order valence-corrected chi connectivity index (χ4v) is 11.6. The third kappa shape index (κ3) is 32.7. The van der Waals surface area contributed by atoms with E-state index in [1.165, 1.54) is 0 Å². The van der Waals surface area contributed by atoms with Crippen molar-refractivity contribution in [3.63, 3.8) is 0 Å². The fraction of sp³-hybridized carbons (Fsp3) is 0.643. The highest BCUT2D eigenvalue weighted by Gasteiger charge is 2.40. The molecule has 0 spiro atoms. The standard InChI is InChI=1S/C70H105FN6O18S/c1-53(2)44-64(72-68(81)58(21-20-55-14-9-7-10-15-55)47-61(78)51-76-24-27-87-28-25-76)66(79)49-59(46-56-16-11-8-12-17-56)69(82)73-65(45-54(3)4)67(80)70(5,83)52-95-96(84,85)62-22-23-63(71)57(48-62)18-13-19-60-50-77(75-74-60)26-29-88-32-33-90-36-37-92-40-41-94-43-42-93-39-38-91-35-34-89-31-30-86-6/h7-12,14-17,22-23,48,50,53-54,58-59,64-65,83H,13,18-21,24-47,49,51-52H2,1-6H3,(H,72,81)(H,73,82)/t58-,59-,64+,65+,70?/m1/s1.